The van der Waals surface area contributed by atoms with Crippen LogP contribution in [0.1, 0.15) is 24.2 Å². The molecule has 0 aliphatic carbocycles. The molecule has 0 saturated carbocycles. The molecule has 0 atom stereocenters. The number of rotatable bonds is 8. The predicted molar refractivity (Wildman–Crippen MR) is 119 cm³/mol. The van der Waals surface area contributed by atoms with Crippen molar-refractivity contribution < 1.29 is 4.39 Å². The monoisotopic (exact) mass is 491 g/mol. The number of aromatic nitrogens is 2. The number of nitrogens with one attached hydrogen (secondary N) is 2. The molecule has 0 unspecified atom stereocenters. The van der Waals surface area contributed by atoms with Gasteiger partial charge in [0.1, 0.15) is 11.6 Å². The fraction of sp³-hybridized carbons (Fsp3) is 0.444. The van der Waals surface area contributed by atoms with E-state index >= 15 is 0 Å². The van der Waals surface area contributed by atoms with Crippen molar-refractivity contribution in [2.75, 3.05) is 25.6 Å². The SMILES string of the molecule is CN=C(NCCCCSC)NCc1ccc(-n2ccnc2C)c(F)c1.I. The Kier molecular flexibility index (Phi) is 10.6. The molecule has 0 aliphatic heterocycles. The van der Waals surface area contributed by atoms with Gasteiger partial charge in [0, 0.05) is 32.5 Å². The second-order valence-electron chi connectivity index (χ2n) is 5.68. The maximum absolute atomic E-state index is 14.4. The summed E-state index contributed by atoms with van der Waals surface area (Å²) in [5, 5.41) is 6.50. The van der Waals surface area contributed by atoms with Gasteiger partial charge in [-0.1, -0.05) is 6.07 Å². The van der Waals surface area contributed by atoms with Crippen molar-refractivity contribution in [2.45, 2.75) is 26.3 Å². The number of aliphatic imine (C=N–C) groups is 1. The molecule has 1 aromatic heterocycles. The minimum Gasteiger partial charge on any atom is -0.356 e. The fourth-order valence-corrected chi connectivity index (χ4v) is 2.97. The largest absolute Gasteiger partial charge is 0.356 e. The van der Waals surface area contributed by atoms with Crippen molar-refractivity contribution in [1.29, 1.82) is 0 Å². The van der Waals surface area contributed by atoms with Crippen molar-refractivity contribution in [3.63, 3.8) is 0 Å². The summed E-state index contributed by atoms with van der Waals surface area (Å²) in [6.07, 6.45) is 7.83. The van der Waals surface area contributed by atoms with Crippen LogP contribution in [0.3, 0.4) is 0 Å². The maximum atomic E-state index is 14.4. The average molecular weight is 491 g/mol. The zero-order valence-corrected chi connectivity index (χ0v) is 18.6. The molecule has 0 radical (unpaired) electrons. The average Bonchev–Trinajstić information content (AvgIpc) is 3.03. The third-order valence-corrected chi connectivity index (χ3v) is 4.55. The molecule has 0 aliphatic rings. The van der Waals surface area contributed by atoms with Gasteiger partial charge in [-0.15, -0.1) is 24.0 Å². The number of hydrogen-bond donors (Lipinski definition) is 2. The Bertz CT molecular complexity index is 705. The summed E-state index contributed by atoms with van der Waals surface area (Å²) in [4.78, 5) is 8.33. The topological polar surface area (TPSA) is 54.2 Å². The van der Waals surface area contributed by atoms with Crippen molar-refractivity contribution in [1.82, 2.24) is 20.2 Å². The lowest BCUT2D eigenvalue weighted by molar-refractivity contribution is 0.613. The van der Waals surface area contributed by atoms with Crippen LogP contribution in [0.4, 0.5) is 4.39 Å². The van der Waals surface area contributed by atoms with Gasteiger partial charge in [0.2, 0.25) is 0 Å². The van der Waals surface area contributed by atoms with Crippen molar-refractivity contribution in [3.05, 3.63) is 47.8 Å². The zero-order valence-electron chi connectivity index (χ0n) is 15.5. The van der Waals surface area contributed by atoms with Crippen LogP contribution in [0, 0.1) is 12.7 Å². The van der Waals surface area contributed by atoms with E-state index in [0.717, 1.165) is 30.3 Å². The Morgan fingerprint density at radius 3 is 2.73 bits per heavy atom. The van der Waals surface area contributed by atoms with E-state index in [2.05, 4.69) is 26.9 Å². The summed E-state index contributed by atoms with van der Waals surface area (Å²) < 4.78 is 16.1. The normalized spacial score (nSPS) is 11.2. The highest BCUT2D eigenvalue weighted by molar-refractivity contribution is 14.0. The van der Waals surface area contributed by atoms with Gasteiger partial charge in [-0.05, 0) is 49.5 Å². The Morgan fingerprint density at radius 2 is 2.12 bits per heavy atom. The molecular weight excluding hydrogens is 464 g/mol. The molecule has 0 saturated heterocycles. The minimum atomic E-state index is -0.264. The quantitative estimate of drug-likeness (QED) is 0.256. The molecule has 0 amide bonds. The van der Waals surface area contributed by atoms with Crippen molar-refractivity contribution in [3.8, 4) is 5.69 Å². The number of aryl methyl sites for hydroxylation is 1. The number of guanidine groups is 1. The van der Waals surface area contributed by atoms with Crippen molar-refractivity contribution in [2.24, 2.45) is 4.99 Å². The van der Waals surface area contributed by atoms with Gasteiger partial charge in [-0.25, -0.2) is 9.37 Å². The van der Waals surface area contributed by atoms with E-state index in [9.17, 15) is 4.39 Å². The first-order chi connectivity index (χ1) is 12.2. The van der Waals surface area contributed by atoms with E-state index in [-0.39, 0.29) is 29.8 Å². The van der Waals surface area contributed by atoms with E-state index < -0.39 is 0 Å². The van der Waals surface area contributed by atoms with E-state index in [1.54, 1.807) is 36.1 Å². The molecule has 5 nitrogen and oxygen atoms in total. The molecule has 2 rings (SSSR count). The summed E-state index contributed by atoms with van der Waals surface area (Å²) in [6.45, 7) is 3.25. The van der Waals surface area contributed by atoms with Gasteiger partial charge in [-0.2, -0.15) is 11.8 Å². The standard InChI is InChI=1S/C18H26FN5S.HI/c1-14-21-9-10-24(14)17-7-6-15(12-16(17)19)13-23-18(20-2)22-8-4-5-11-25-3;/h6-7,9-10,12H,4-5,8,11,13H2,1-3H3,(H2,20,22,23);1H. The van der Waals surface area contributed by atoms with Gasteiger partial charge < -0.3 is 15.2 Å². The van der Waals surface area contributed by atoms with Crippen LogP contribution < -0.4 is 10.6 Å². The zero-order chi connectivity index (χ0) is 18.1. The Labute approximate surface area is 176 Å². The number of imidazole rings is 1. The number of unbranched alkanes of at least 4 members (excludes halogenated alkanes) is 1. The fourth-order valence-electron chi connectivity index (χ4n) is 2.47. The van der Waals surface area contributed by atoms with Gasteiger partial charge >= 0.3 is 0 Å². The molecule has 0 bridgehead atoms. The van der Waals surface area contributed by atoms with Crippen LogP contribution in [-0.4, -0.2) is 41.1 Å². The summed E-state index contributed by atoms with van der Waals surface area (Å²) in [6, 6.07) is 5.24. The lowest BCUT2D eigenvalue weighted by Crippen LogP contribution is -2.37. The Morgan fingerprint density at radius 1 is 1.31 bits per heavy atom. The first-order valence-corrected chi connectivity index (χ1v) is 9.77. The lowest BCUT2D eigenvalue weighted by Gasteiger charge is -2.13. The molecule has 144 valence electrons. The number of hydrogen-bond acceptors (Lipinski definition) is 3. The molecular formula is C18H27FIN5S. The second-order valence-corrected chi connectivity index (χ2v) is 6.67. The number of thioether (sulfide) groups is 1. The number of benzene rings is 1. The first kappa shape index (κ1) is 22.8. The highest BCUT2D eigenvalue weighted by Gasteiger charge is 2.08. The lowest BCUT2D eigenvalue weighted by atomic mass is 10.2. The Hall–Kier alpha value is -1.29. The van der Waals surface area contributed by atoms with Gasteiger partial charge in [0.25, 0.3) is 0 Å². The minimum absolute atomic E-state index is 0. The van der Waals surface area contributed by atoms with Crippen LogP contribution in [-0.2, 0) is 6.54 Å². The molecule has 2 N–H and O–H groups in total. The third-order valence-electron chi connectivity index (χ3n) is 3.85. The van der Waals surface area contributed by atoms with Crippen molar-refractivity contribution >= 4 is 41.7 Å². The molecule has 8 heteroatoms. The number of halogens is 2. The number of nitrogens with zero attached hydrogens (tertiary/aromatic N) is 3. The first-order valence-electron chi connectivity index (χ1n) is 8.38. The van der Waals surface area contributed by atoms with E-state index in [1.165, 1.54) is 12.2 Å². The van der Waals surface area contributed by atoms with Gasteiger partial charge in [-0.3, -0.25) is 4.99 Å². The summed E-state index contributed by atoms with van der Waals surface area (Å²) in [5.74, 6) is 2.41. The molecule has 0 fully saturated rings. The smallest absolute Gasteiger partial charge is 0.191 e. The molecule has 2 aromatic rings. The highest BCUT2D eigenvalue weighted by atomic mass is 127. The van der Waals surface area contributed by atoms with E-state index in [1.807, 2.05) is 24.8 Å². The molecule has 26 heavy (non-hydrogen) atoms. The van der Waals surface area contributed by atoms with Crippen LogP contribution in [0.5, 0.6) is 0 Å². The summed E-state index contributed by atoms with van der Waals surface area (Å²) >= 11 is 1.86. The van der Waals surface area contributed by atoms with Gasteiger partial charge in [0.05, 0.1) is 5.69 Å². The van der Waals surface area contributed by atoms with Gasteiger partial charge in [0.15, 0.2) is 5.96 Å². The van der Waals surface area contributed by atoms with E-state index in [0.29, 0.717) is 12.2 Å². The van der Waals surface area contributed by atoms with E-state index in [4.69, 9.17) is 0 Å². The predicted octanol–water partition coefficient (Wildman–Crippen LogP) is 3.75. The van der Waals surface area contributed by atoms with Crippen LogP contribution in [0.15, 0.2) is 35.6 Å². The summed E-state index contributed by atoms with van der Waals surface area (Å²) in [7, 11) is 1.74. The van der Waals surface area contributed by atoms with Crippen LogP contribution in [0.2, 0.25) is 0 Å². The maximum Gasteiger partial charge on any atom is 0.191 e. The summed E-state index contributed by atoms with van der Waals surface area (Å²) in [5.41, 5.74) is 1.37. The molecule has 0 spiro atoms. The highest BCUT2D eigenvalue weighted by Crippen LogP contribution is 2.16. The molecule has 1 aromatic carbocycles. The van der Waals surface area contributed by atoms with Crippen LogP contribution >= 0.6 is 35.7 Å². The third kappa shape index (κ3) is 6.79. The molecule has 1 heterocycles. The van der Waals surface area contributed by atoms with Crippen LogP contribution in [0.25, 0.3) is 5.69 Å². The second kappa shape index (κ2) is 12.2. The Balaban J connectivity index is 0.00000338.